The molecule has 4 saturated heterocycles. The van der Waals surface area contributed by atoms with Crippen LogP contribution in [-0.2, 0) is 0 Å². The summed E-state index contributed by atoms with van der Waals surface area (Å²) in [5, 5.41) is 0. The Bertz CT molecular complexity index is 149. The van der Waals surface area contributed by atoms with Crippen molar-refractivity contribution in [2.45, 2.75) is 0 Å². The van der Waals surface area contributed by atoms with Gasteiger partial charge >= 0.3 is 35.6 Å². The standard InChI is InChI=1S/B6.La/c1-2-5(1)3-4(5)6(1,2)3;/q-2;+2. The van der Waals surface area contributed by atoms with Crippen LogP contribution >= 0.6 is 0 Å². The molecule has 2 spiro atoms. The maximum absolute atomic E-state index is 1.50. The zero-order valence-electron chi connectivity index (χ0n) is 4.04. The van der Waals surface area contributed by atoms with E-state index in [0.717, 1.165) is 0 Å². The topological polar surface area (TPSA) is 0 Å². The van der Waals surface area contributed by atoms with Crippen molar-refractivity contribution in [1.82, 2.24) is 0 Å². The van der Waals surface area contributed by atoms with Gasteiger partial charge in [0.25, 0.3) is 0 Å². The van der Waals surface area contributed by atoms with Gasteiger partial charge in [-0.25, -0.2) is 0 Å². The average Bonchev–Trinajstić information content (AvgIpc) is 2.12. The van der Waals surface area contributed by atoms with E-state index in [1.54, 1.807) is 0 Å². The second-order valence-corrected chi connectivity index (χ2v) is 4.62. The second-order valence-electron chi connectivity index (χ2n) is 4.62. The van der Waals surface area contributed by atoms with E-state index < -0.39 is 0 Å². The van der Waals surface area contributed by atoms with Gasteiger partial charge in [-0.3, -0.25) is 11.4 Å². The molecule has 7 heteroatoms. The third-order valence-electron chi connectivity index (χ3n) is 5.66. The summed E-state index contributed by atoms with van der Waals surface area (Å²) in [6.45, 7) is 0. The van der Waals surface area contributed by atoms with Gasteiger partial charge in [0.2, 0.25) is 0 Å². The van der Waals surface area contributed by atoms with E-state index in [0.29, 0.717) is 11.4 Å². The van der Waals surface area contributed by atoms with Crippen molar-refractivity contribution in [2.75, 3.05) is 0 Å². The molecular formula is B6La. The molecule has 0 aromatic heterocycles. The summed E-state index contributed by atoms with van der Waals surface area (Å²) in [4.78, 5) is 0. The summed E-state index contributed by atoms with van der Waals surface area (Å²) >= 11 is 0. The van der Waals surface area contributed by atoms with E-state index in [1.807, 2.05) is 0 Å². The fourth-order valence-corrected chi connectivity index (χ4v) is 5.80. The van der Waals surface area contributed by atoms with E-state index in [4.69, 9.17) is 0 Å². The van der Waals surface area contributed by atoms with Gasteiger partial charge in [-0.1, -0.05) is 0 Å². The van der Waals surface area contributed by atoms with Crippen molar-refractivity contribution in [3.8, 4) is 0 Å². The molecule has 0 aromatic rings. The molecule has 0 saturated carbocycles. The Morgan fingerprint density at radius 1 is 0.714 bits per heavy atom. The molecule has 0 bridgehead atoms. The minimum absolute atomic E-state index is 0. The minimum atomic E-state index is 0. The molecule has 1 radical (unpaired) electrons. The van der Waals surface area contributed by atoms with Crippen molar-refractivity contribution in [3.05, 3.63) is 0 Å². The number of hydrogen-bond donors (Lipinski definition) is 0. The van der Waals surface area contributed by atoms with Crippen molar-refractivity contribution in [2.24, 2.45) is 0 Å². The summed E-state index contributed by atoms with van der Waals surface area (Å²) in [7, 11) is 0. The van der Waals surface area contributed by atoms with Crippen LogP contribution in [0, 0.1) is 35.6 Å². The van der Waals surface area contributed by atoms with Crippen LogP contribution < -0.4 is 0 Å². The zero-order valence-corrected chi connectivity index (χ0v) is 7.67. The van der Waals surface area contributed by atoms with Crippen LogP contribution in [0.2, 0.25) is 0 Å². The molecule has 0 nitrogen and oxygen atoms in total. The molecule has 7 heavy (non-hydrogen) atoms. The zero-order chi connectivity index (χ0) is 3.31. The summed E-state index contributed by atoms with van der Waals surface area (Å²) < 4.78 is 0. The first-order chi connectivity index (χ1) is 2.98. The Morgan fingerprint density at radius 2 is 1.00 bits per heavy atom. The van der Waals surface area contributed by atoms with Gasteiger partial charge in [-0.2, -0.15) is 0 Å². The Hall–Kier alpha value is 1.58. The van der Waals surface area contributed by atoms with Crippen LogP contribution in [0.4, 0.5) is 0 Å². The van der Waals surface area contributed by atoms with E-state index in [-0.39, 0.29) is 35.6 Å². The van der Waals surface area contributed by atoms with E-state index in [9.17, 15) is 0 Å². The van der Waals surface area contributed by atoms with E-state index in [1.165, 1.54) is 25.5 Å². The van der Waals surface area contributed by atoms with Gasteiger partial charge in [0.15, 0.2) is 0 Å². The molecule has 0 atom stereocenters. The third-order valence-corrected chi connectivity index (χ3v) is 5.66. The summed E-state index contributed by atoms with van der Waals surface area (Å²) in [6, 6.07) is 0. The molecule has 4 heterocycles. The van der Waals surface area contributed by atoms with Gasteiger partial charge in [0, 0.05) is 0 Å². The molecule has 0 aromatic carbocycles. The molecule has 0 N–H and O–H groups in total. The number of hydrogen-bond acceptors (Lipinski definition) is 0. The van der Waals surface area contributed by atoms with Crippen LogP contribution in [0.3, 0.4) is 0 Å². The SMILES string of the molecule is B12B3[B-]14B1B4[B-]231.[La+2]. The Labute approximate surface area is 71.9 Å². The quantitative estimate of drug-likeness (QED) is 0.389. The number of fused-ring (bicyclic) bond motifs is 10. The predicted molar refractivity (Wildman–Crippen MR) is 34.5 cm³/mol. The van der Waals surface area contributed by atoms with Crippen molar-refractivity contribution < 1.29 is 35.6 Å². The van der Waals surface area contributed by atoms with Gasteiger partial charge < -0.3 is 25.5 Å². The minimum Gasteiger partial charge on any atom is -0.364 e. The Kier molecular flexibility index (Phi) is 0.264. The van der Waals surface area contributed by atoms with Gasteiger partial charge in [-0.15, -0.1) is 0 Å². The Morgan fingerprint density at radius 3 is 1.00 bits per heavy atom. The largest absolute Gasteiger partial charge is 2.00 e. The van der Waals surface area contributed by atoms with Crippen LogP contribution in [0.15, 0.2) is 0 Å². The molecule has 4 fully saturated rings. The first-order valence-corrected chi connectivity index (χ1v) is 3.33. The van der Waals surface area contributed by atoms with Gasteiger partial charge in [0.05, 0.1) is 0 Å². The molecule has 0 amide bonds. The fraction of sp³-hybridized carbons (Fsp3) is 0. The Balaban J connectivity index is 0.000000200. The van der Waals surface area contributed by atoms with Crippen LogP contribution in [0.5, 0.6) is 0 Å². The third kappa shape index (κ3) is 0.0962. The molecule has 4 rings (SSSR count). The first-order valence-electron chi connectivity index (χ1n) is 3.33. The first kappa shape index (κ1) is 3.68. The average molecular weight is 204 g/mol. The normalized spacial score (nSPS) is 48.0. The van der Waals surface area contributed by atoms with Gasteiger partial charge in [0.1, 0.15) is 0 Å². The van der Waals surface area contributed by atoms with E-state index in [2.05, 4.69) is 0 Å². The molecule has 4 aliphatic rings. The predicted octanol–water partition coefficient (Wildman–Crippen LogP) is -2.28. The van der Waals surface area contributed by atoms with Gasteiger partial charge in [-0.05, 0) is 0 Å². The maximum Gasteiger partial charge on any atom is 2.00 e. The number of rotatable bonds is 0. The molecule has 21 valence electrons. The molecule has 4 aliphatic heterocycles. The maximum atomic E-state index is 1.50. The summed E-state index contributed by atoms with van der Waals surface area (Å²) in [5.41, 5.74) is 1.33. The van der Waals surface area contributed by atoms with E-state index >= 15 is 0 Å². The van der Waals surface area contributed by atoms with Crippen molar-refractivity contribution >= 4 is 37.0 Å². The smallest absolute Gasteiger partial charge is 0.364 e. The van der Waals surface area contributed by atoms with Crippen molar-refractivity contribution in [3.63, 3.8) is 0 Å². The fourth-order valence-electron chi connectivity index (χ4n) is 5.80. The monoisotopic (exact) mass is 205 g/mol. The second kappa shape index (κ2) is 0.502. The van der Waals surface area contributed by atoms with Crippen LogP contribution in [0.25, 0.3) is 0 Å². The molecule has 0 aliphatic carbocycles. The summed E-state index contributed by atoms with van der Waals surface area (Å²) in [6.07, 6.45) is 6.00. The van der Waals surface area contributed by atoms with Crippen LogP contribution in [0.1, 0.15) is 0 Å². The van der Waals surface area contributed by atoms with Crippen molar-refractivity contribution in [1.29, 1.82) is 0 Å². The molecule has 0 unspecified atom stereocenters. The van der Waals surface area contributed by atoms with Crippen LogP contribution in [-0.4, -0.2) is 37.0 Å². The molecular weight excluding hydrogens is 204 g/mol. The summed E-state index contributed by atoms with van der Waals surface area (Å²) in [5.74, 6) is 0.